The van der Waals surface area contributed by atoms with Gasteiger partial charge in [-0.15, -0.1) is 0 Å². The highest BCUT2D eigenvalue weighted by atomic mass is 19.4. The molecule has 0 rings (SSSR count). The largest absolute Gasteiger partial charge is 0.409 e. The Bertz CT molecular complexity index is 81.3. The van der Waals surface area contributed by atoms with Gasteiger partial charge in [0.2, 0.25) is 0 Å². The Hall–Kier alpha value is -0.470. The molecule has 0 saturated carbocycles. The molecule has 0 N–H and O–H groups in total. The molecule has 0 amide bonds. The summed E-state index contributed by atoms with van der Waals surface area (Å²) in [6, 6.07) is 0. The van der Waals surface area contributed by atoms with Crippen LogP contribution in [0.1, 0.15) is 27.2 Å². The second-order valence-electron chi connectivity index (χ2n) is 1.75. The van der Waals surface area contributed by atoms with E-state index >= 15 is 0 Å². The third-order valence-electron chi connectivity index (χ3n) is 0.356. The molecule has 3 heteroatoms. The molecule has 0 radical (unpaired) electrons. The number of allylic oxidation sites excluding steroid dienone is 2. The zero-order valence-corrected chi connectivity index (χ0v) is 6.50. The molecule has 62 valence electrons. The van der Waals surface area contributed by atoms with Gasteiger partial charge >= 0.3 is 6.18 Å². The highest BCUT2D eigenvalue weighted by molar-refractivity contribution is 4.84. The van der Waals surface area contributed by atoms with E-state index in [9.17, 15) is 13.2 Å². The average molecular weight is 154 g/mol. The Morgan fingerprint density at radius 3 is 1.50 bits per heavy atom. The van der Waals surface area contributed by atoms with Crippen molar-refractivity contribution < 1.29 is 13.2 Å². The van der Waals surface area contributed by atoms with Gasteiger partial charge in [-0.25, -0.2) is 0 Å². The molecule has 10 heavy (non-hydrogen) atoms. The van der Waals surface area contributed by atoms with E-state index in [2.05, 4.69) is 13.8 Å². The topological polar surface area (TPSA) is 0 Å². The summed E-state index contributed by atoms with van der Waals surface area (Å²) >= 11 is 0. The first-order valence-electron chi connectivity index (χ1n) is 3.18. The Morgan fingerprint density at radius 2 is 1.50 bits per heavy atom. The lowest BCUT2D eigenvalue weighted by Gasteiger charge is -1.93. The van der Waals surface area contributed by atoms with Crippen molar-refractivity contribution in [3.05, 3.63) is 12.2 Å². The van der Waals surface area contributed by atoms with Crippen LogP contribution in [0.4, 0.5) is 13.2 Å². The first kappa shape index (κ1) is 12.2. The number of alkyl halides is 3. The molecule has 0 heterocycles. The van der Waals surface area contributed by atoms with E-state index < -0.39 is 6.18 Å². The van der Waals surface area contributed by atoms with Gasteiger partial charge < -0.3 is 0 Å². The van der Waals surface area contributed by atoms with Gasteiger partial charge in [0, 0.05) is 6.08 Å². The lowest BCUT2D eigenvalue weighted by molar-refractivity contribution is -0.0799. The van der Waals surface area contributed by atoms with Crippen LogP contribution in [-0.2, 0) is 0 Å². The summed E-state index contributed by atoms with van der Waals surface area (Å²) < 4.78 is 32.9. The lowest BCUT2D eigenvalue weighted by atomic mass is 10.5. The van der Waals surface area contributed by atoms with Crippen LogP contribution in [0.5, 0.6) is 0 Å². The molecule has 0 aromatic heterocycles. The number of halogens is 3. The van der Waals surface area contributed by atoms with Crippen molar-refractivity contribution >= 4 is 0 Å². The Morgan fingerprint density at radius 1 is 1.20 bits per heavy atom. The van der Waals surface area contributed by atoms with Crippen molar-refractivity contribution in [2.45, 2.75) is 33.4 Å². The third kappa shape index (κ3) is 25.8. The predicted octanol–water partition coefficient (Wildman–Crippen LogP) is 3.54. The smallest absolute Gasteiger partial charge is 0.167 e. The van der Waals surface area contributed by atoms with E-state index in [4.69, 9.17) is 0 Å². The van der Waals surface area contributed by atoms with E-state index in [1.807, 2.05) is 0 Å². The van der Waals surface area contributed by atoms with Crippen LogP contribution in [0.3, 0.4) is 0 Å². The van der Waals surface area contributed by atoms with Crippen LogP contribution in [-0.4, -0.2) is 6.18 Å². The molecule has 0 bridgehead atoms. The van der Waals surface area contributed by atoms with E-state index in [0.29, 0.717) is 0 Å². The molecule has 0 aliphatic carbocycles. The number of rotatable bonds is 0. The minimum atomic E-state index is -4.13. The van der Waals surface area contributed by atoms with Crippen molar-refractivity contribution in [1.82, 2.24) is 0 Å². The van der Waals surface area contributed by atoms with Crippen molar-refractivity contribution in [2.24, 2.45) is 0 Å². The Kier molecular flexibility index (Phi) is 8.13. The molecule has 0 spiro atoms. The second kappa shape index (κ2) is 6.65. The monoisotopic (exact) mass is 154 g/mol. The minimum Gasteiger partial charge on any atom is -0.167 e. The molecular weight excluding hydrogens is 141 g/mol. The highest BCUT2D eigenvalue weighted by Crippen LogP contribution is 2.15. The quantitative estimate of drug-likeness (QED) is 0.468. The van der Waals surface area contributed by atoms with E-state index in [-0.39, 0.29) is 6.08 Å². The summed E-state index contributed by atoms with van der Waals surface area (Å²) in [5, 5.41) is 0. The fourth-order valence-corrected chi connectivity index (χ4v) is 0.189. The molecule has 0 aromatic rings. The third-order valence-corrected chi connectivity index (χ3v) is 0.356. The van der Waals surface area contributed by atoms with Crippen molar-refractivity contribution in [2.75, 3.05) is 0 Å². The molecule has 0 aliphatic rings. The van der Waals surface area contributed by atoms with Gasteiger partial charge in [-0.05, 0) is 6.92 Å². The van der Waals surface area contributed by atoms with E-state index in [0.717, 1.165) is 6.08 Å². The van der Waals surface area contributed by atoms with Gasteiger partial charge in [0.25, 0.3) is 0 Å². The molecule has 0 atom stereocenters. The zero-order chi connectivity index (χ0) is 8.62. The summed E-state index contributed by atoms with van der Waals surface area (Å²) in [6.45, 7) is 5.58. The van der Waals surface area contributed by atoms with Gasteiger partial charge in [-0.1, -0.05) is 26.3 Å². The molecule has 0 saturated heterocycles. The van der Waals surface area contributed by atoms with Gasteiger partial charge in [-0.3, -0.25) is 0 Å². The summed E-state index contributed by atoms with van der Waals surface area (Å²) in [5.74, 6) is 0. The van der Waals surface area contributed by atoms with Gasteiger partial charge in [0.1, 0.15) is 0 Å². The van der Waals surface area contributed by atoms with Crippen LogP contribution >= 0.6 is 0 Å². The molecule has 0 aliphatic heterocycles. The second-order valence-corrected chi connectivity index (χ2v) is 1.75. The van der Waals surface area contributed by atoms with Crippen molar-refractivity contribution in [3.8, 4) is 0 Å². The number of hydrogen-bond donors (Lipinski definition) is 0. The first-order valence-corrected chi connectivity index (χ1v) is 3.18. The van der Waals surface area contributed by atoms with E-state index in [1.165, 1.54) is 13.3 Å². The maximum Gasteiger partial charge on any atom is 0.409 e. The Balaban J connectivity index is 0. The van der Waals surface area contributed by atoms with Crippen LogP contribution in [0, 0.1) is 0 Å². The molecular formula is C7H13F3. The number of hydrogen-bond acceptors (Lipinski definition) is 0. The van der Waals surface area contributed by atoms with Crippen LogP contribution in [0.25, 0.3) is 0 Å². The average Bonchev–Trinajstić information content (AvgIpc) is 1.63. The lowest BCUT2D eigenvalue weighted by Crippen LogP contribution is -1.99. The van der Waals surface area contributed by atoms with Crippen molar-refractivity contribution in [3.63, 3.8) is 0 Å². The summed E-state index contributed by atoms with van der Waals surface area (Å²) in [4.78, 5) is 0. The molecule has 0 unspecified atom stereocenters. The Labute approximate surface area is 59.7 Å². The predicted molar refractivity (Wildman–Crippen MR) is 36.8 cm³/mol. The highest BCUT2D eigenvalue weighted by Gasteiger charge is 2.20. The maximum atomic E-state index is 11.0. The summed E-state index contributed by atoms with van der Waals surface area (Å²) in [7, 11) is 0. The minimum absolute atomic E-state index is 0.188. The zero-order valence-electron chi connectivity index (χ0n) is 6.50. The summed E-state index contributed by atoms with van der Waals surface area (Å²) in [5.41, 5.74) is 0. The van der Waals surface area contributed by atoms with Crippen LogP contribution in [0.15, 0.2) is 12.2 Å². The maximum absolute atomic E-state index is 11.0. The molecule has 0 nitrogen and oxygen atoms in total. The normalized spacial score (nSPS) is 11.0. The molecule has 0 fully saturated rings. The van der Waals surface area contributed by atoms with Crippen LogP contribution in [0.2, 0.25) is 0 Å². The summed E-state index contributed by atoms with van der Waals surface area (Å²) in [6.07, 6.45) is -1.73. The fraction of sp³-hybridized carbons (Fsp3) is 0.714. The molecule has 0 aromatic carbocycles. The van der Waals surface area contributed by atoms with E-state index in [1.54, 1.807) is 0 Å². The SMILES string of the molecule is C/C=C/C(F)(F)F.CCC. The first-order chi connectivity index (χ1) is 4.47. The van der Waals surface area contributed by atoms with Gasteiger partial charge in [-0.2, -0.15) is 13.2 Å². The van der Waals surface area contributed by atoms with Crippen molar-refractivity contribution in [1.29, 1.82) is 0 Å². The van der Waals surface area contributed by atoms with Gasteiger partial charge in [0.05, 0.1) is 0 Å². The standard InChI is InChI=1S/C4H5F3.C3H8/c1-2-3-4(5,6)7;1-3-2/h2-3H,1H3;3H2,1-2H3/b3-2+;. The van der Waals surface area contributed by atoms with Gasteiger partial charge in [0.15, 0.2) is 0 Å². The van der Waals surface area contributed by atoms with Crippen LogP contribution < -0.4 is 0 Å². The fourth-order valence-electron chi connectivity index (χ4n) is 0.189.